The van der Waals surface area contributed by atoms with Gasteiger partial charge < -0.3 is 14.6 Å². The monoisotopic (exact) mass is 362 g/mol. The topological polar surface area (TPSA) is 38.7 Å². The molecule has 3 nitrogen and oxygen atoms in total. The summed E-state index contributed by atoms with van der Waals surface area (Å²) in [6.45, 7) is 17.6. The van der Waals surface area contributed by atoms with Crippen LogP contribution in [0.5, 0.6) is 5.75 Å². The Kier molecular flexibility index (Phi) is 8.20. The zero-order valence-corrected chi connectivity index (χ0v) is 18.0. The second-order valence-electron chi connectivity index (χ2n) is 8.05. The maximum absolute atomic E-state index is 10.2. The van der Waals surface area contributed by atoms with Crippen molar-refractivity contribution < 1.29 is 14.6 Å². The van der Waals surface area contributed by atoms with Crippen molar-refractivity contribution >= 4 is 0 Å². The highest BCUT2D eigenvalue weighted by Gasteiger charge is 2.34. The van der Waals surface area contributed by atoms with Crippen molar-refractivity contribution in [1.82, 2.24) is 0 Å². The van der Waals surface area contributed by atoms with E-state index in [0.29, 0.717) is 13.2 Å². The van der Waals surface area contributed by atoms with Crippen molar-refractivity contribution in [3.63, 3.8) is 0 Å². The Balaban J connectivity index is 3.13. The molecule has 0 fully saturated rings. The van der Waals surface area contributed by atoms with Gasteiger partial charge in [-0.05, 0) is 62.3 Å². The predicted octanol–water partition coefficient (Wildman–Crippen LogP) is 5.78. The van der Waals surface area contributed by atoms with E-state index < -0.39 is 6.10 Å². The van der Waals surface area contributed by atoms with Crippen molar-refractivity contribution in [1.29, 1.82) is 0 Å². The highest BCUT2D eigenvalue weighted by Crippen LogP contribution is 2.41. The van der Waals surface area contributed by atoms with Gasteiger partial charge >= 0.3 is 0 Å². The summed E-state index contributed by atoms with van der Waals surface area (Å²) in [5.41, 5.74) is 2.04. The van der Waals surface area contributed by atoms with Crippen LogP contribution in [0.1, 0.15) is 72.4 Å². The van der Waals surface area contributed by atoms with Gasteiger partial charge in [0.15, 0.2) is 0 Å². The van der Waals surface area contributed by atoms with E-state index in [9.17, 15) is 5.11 Å². The van der Waals surface area contributed by atoms with Gasteiger partial charge in [0.05, 0.1) is 18.1 Å². The number of allylic oxidation sites excluding steroid dienone is 2. The quantitative estimate of drug-likeness (QED) is 0.566. The van der Waals surface area contributed by atoms with Gasteiger partial charge in [-0.2, -0.15) is 0 Å². The average Bonchev–Trinajstić information content (AvgIpc) is 2.60. The standard InChI is InChI=1S/C23H38O3/c1-9-21(25-12-4)23(10-2,11-3)18-13-14-19(17(5)15-18)26-16-20(24)22(6,7)8/h9,13-15,20,24H,10-12,16H2,1-8H3/b21-9-. The van der Waals surface area contributed by atoms with E-state index >= 15 is 0 Å². The highest BCUT2D eigenvalue weighted by molar-refractivity contribution is 5.42. The van der Waals surface area contributed by atoms with Crippen LogP contribution in [0.15, 0.2) is 30.0 Å². The molecule has 1 rings (SSSR count). The second-order valence-corrected chi connectivity index (χ2v) is 8.05. The molecule has 0 bridgehead atoms. The smallest absolute Gasteiger partial charge is 0.122 e. The Labute approximate surface area is 160 Å². The molecule has 0 aliphatic heterocycles. The average molecular weight is 363 g/mol. The number of hydrogen-bond acceptors (Lipinski definition) is 3. The Bertz CT molecular complexity index is 592. The fraction of sp³-hybridized carbons (Fsp3) is 0.652. The van der Waals surface area contributed by atoms with Crippen molar-refractivity contribution in [2.24, 2.45) is 5.41 Å². The van der Waals surface area contributed by atoms with Crippen LogP contribution >= 0.6 is 0 Å². The Morgan fingerprint density at radius 3 is 2.19 bits per heavy atom. The molecule has 0 aromatic heterocycles. The summed E-state index contributed by atoms with van der Waals surface area (Å²) >= 11 is 0. The van der Waals surface area contributed by atoms with Gasteiger partial charge in [0.1, 0.15) is 18.1 Å². The number of aliphatic hydroxyl groups excluding tert-OH is 1. The molecule has 0 heterocycles. The first-order valence-corrected chi connectivity index (χ1v) is 9.87. The lowest BCUT2D eigenvalue weighted by molar-refractivity contribution is 0.0216. The summed E-state index contributed by atoms with van der Waals surface area (Å²) in [5.74, 6) is 1.87. The summed E-state index contributed by atoms with van der Waals surface area (Å²) in [7, 11) is 0. The second kappa shape index (κ2) is 9.45. The number of benzene rings is 1. The largest absolute Gasteiger partial charge is 0.498 e. The van der Waals surface area contributed by atoms with Crippen LogP contribution in [-0.4, -0.2) is 24.4 Å². The normalized spacial score (nSPS) is 14.3. The first-order valence-electron chi connectivity index (χ1n) is 9.87. The molecule has 0 aliphatic rings. The minimum Gasteiger partial charge on any atom is -0.498 e. The molecular weight excluding hydrogens is 324 g/mol. The third kappa shape index (κ3) is 5.03. The minimum atomic E-state index is -0.500. The molecule has 0 saturated heterocycles. The van der Waals surface area contributed by atoms with Crippen LogP contribution in [0.2, 0.25) is 0 Å². The fourth-order valence-corrected chi connectivity index (χ4v) is 3.33. The minimum absolute atomic E-state index is 0.112. The molecule has 0 radical (unpaired) electrons. The molecule has 1 atom stereocenters. The van der Waals surface area contributed by atoms with Gasteiger partial charge in [0.25, 0.3) is 0 Å². The molecule has 0 amide bonds. The van der Waals surface area contributed by atoms with Crippen LogP contribution in [-0.2, 0) is 10.2 Å². The van der Waals surface area contributed by atoms with Crippen LogP contribution in [0.4, 0.5) is 0 Å². The number of aryl methyl sites for hydroxylation is 1. The number of aliphatic hydroxyl groups is 1. The van der Waals surface area contributed by atoms with Crippen molar-refractivity contribution in [3.05, 3.63) is 41.2 Å². The molecule has 1 aromatic rings. The molecule has 1 N–H and O–H groups in total. The molecule has 3 heteroatoms. The van der Waals surface area contributed by atoms with Crippen LogP contribution in [0, 0.1) is 12.3 Å². The van der Waals surface area contributed by atoms with Crippen molar-refractivity contribution in [2.45, 2.75) is 79.8 Å². The van der Waals surface area contributed by atoms with Gasteiger partial charge in [0.2, 0.25) is 0 Å². The molecule has 148 valence electrons. The van der Waals surface area contributed by atoms with Crippen molar-refractivity contribution in [3.8, 4) is 5.75 Å². The summed E-state index contributed by atoms with van der Waals surface area (Å²) in [5, 5.41) is 10.2. The first-order chi connectivity index (χ1) is 12.2. The first kappa shape index (κ1) is 22.6. The summed E-state index contributed by atoms with van der Waals surface area (Å²) in [6.07, 6.45) is 3.55. The maximum atomic E-state index is 10.2. The SMILES string of the molecule is C/C=C(\OCC)C(CC)(CC)c1ccc(OCC(O)C(C)(C)C)c(C)c1. The van der Waals surface area contributed by atoms with Gasteiger partial charge in [-0.3, -0.25) is 0 Å². The molecular formula is C23H38O3. The highest BCUT2D eigenvalue weighted by atomic mass is 16.5. The van der Waals surface area contributed by atoms with Gasteiger partial charge in [0, 0.05) is 0 Å². The molecule has 26 heavy (non-hydrogen) atoms. The van der Waals surface area contributed by atoms with E-state index in [0.717, 1.165) is 29.9 Å². The summed E-state index contributed by atoms with van der Waals surface area (Å²) in [4.78, 5) is 0. The van der Waals surface area contributed by atoms with Crippen LogP contribution in [0.25, 0.3) is 0 Å². The predicted molar refractivity (Wildman–Crippen MR) is 110 cm³/mol. The lowest BCUT2D eigenvalue weighted by atomic mass is 9.73. The van der Waals surface area contributed by atoms with Crippen LogP contribution in [0.3, 0.4) is 0 Å². The van der Waals surface area contributed by atoms with E-state index in [1.807, 2.05) is 40.7 Å². The summed E-state index contributed by atoms with van der Waals surface area (Å²) in [6, 6.07) is 6.37. The van der Waals surface area contributed by atoms with E-state index in [2.05, 4.69) is 39.0 Å². The Morgan fingerprint density at radius 2 is 1.77 bits per heavy atom. The third-order valence-corrected chi connectivity index (χ3v) is 5.36. The third-order valence-electron chi connectivity index (χ3n) is 5.36. The van der Waals surface area contributed by atoms with Crippen LogP contribution < -0.4 is 4.74 Å². The maximum Gasteiger partial charge on any atom is 0.122 e. The Hall–Kier alpha value is -1.48. The molecule has 0 saturated carbocycles. The molecule has 1 aromatic carbocycles. The molecule has 0 spiro atoms. The molecule has 1 unspecified atom stereocenters. The Morgan fingerprint density at radius 1 is 1.15 bits per heavy atom. The lowest BCUT2D eigenvalue weighted by Gasteiger charge is -2.35. The molecule has 0 aliphatic carbocycles. The zero-order chi connectivity index (χ0) is 20.0. The van der Waals surface area contributed by atoms with Gasteiger partial charge in [-0.15, -0.1) is 0 Å². The van der Waals surface area contributed by atoms with Crippen molar-refractivity contribution in [2.75, 3.05) is 13.2 Å². The number of hydrogen-bond donors (Lipinski definition) is 1. The number of rotatable bonds is 9. The fourth-order valence-electron chi connectivity index (χ4n) is 3.33. The zero-order valence-electron chi connectivity index (χ0n) is 18.0. The van der Waals surface area contributed by atoms with Gasteiger partial charge in [-0.1, -0.05) is 46.8 Å². The van der Waals surface area contributed by atoms with E-state index in [4.69, 9.17) is 9.47 Å². The van der Waals surface area contributed by atoms with E-state index in [1.54, 1.807) is 0 Å². The summed E-state index contributed by atoms with van der Waals surface area (Å²) < 4.78 is 11.9. The number of ether oxygens (including phenoxy) is 2. The van der Waals surface area contributed by atoms with Gasteiger partial charge in [-0.25, -0.2) is 0 Å². The van der Waals surface area contributed by atoms with E-state index in [1.165, 1.54) is 5.56 Å². The lowest BCUT2D eigenvalue weighted by Crippen LogP contribution is -2.32. The van der Waals surface area contributed by atoms with E-state index in [-0.39, 0.29) is 10.8 Å².